The Morgan fingerprint density at radius 2 is 2.06 bits per heavy atom. The number of para-hydroxylation sites is 1. The van der Waals surface area contributed by atoms with Crippen LogP contribution in [0.2, 0.25) is 5.02 Å². The van der Waals surface area contributed by atoms with Crippen molar-refractivity contribution in [3.8, 4) is 5.69 Å². The van der Waals surface area contributed by atoms with Crippen molar-refractivity contribution >= 4 is 17.3 Å². The summed E-state index contributed by atoms with van der Waals surface area (Å²) < 4.78 is 1.82. The monoisotopic (exact) mass is 261 g/mol. The normalized spacial score (nSPS) is 16.1. The Morgan fingerprint density at radius 1 is 1.22 bits per heavy atom. The van der Waals surface area contributed by atoms with E-state index in [1.54, 1.807) is 6.20 Å². The lowest BCUT2D eigenvalue weighted by atomic mass is 10.2. The summed E-state index contributed by atoms with van der Waals surface area (Å²) in [4.78, 5) is 0. The Kier molecular flexibility index (Phi) is 3.24. The number of nitrogens with zero attached hydrogens (tertiary/aromatic N) is 2. The van der Waals surface area contributed by atoms with Gasteiger partial charge in [-0.1, -0.05) is 30.5 Å². The molecule has 0 atom stereocenters. The summed E-state index contributed by atoms with van der Waals surface area (Å²) in [7, 11) is 0. The molecule has 1 aliphatic carbocycles. The first-order valence-corrected chi connectivity index (χ1v) is 6.77. The Morgan fingerprint density at radius 3 is 2.78 bits per heavy atom. The first kappa shape index (κ1) is 11.6. The number of rotatable bonds is 3. The maximum Gasteiger partial charge on any atom is 0.106 e. The molecule has 1 aromatic heterocycles. The van der Waals surface area contributed by atoms with Gasteiger partial charge in [0, 0.05) is 18.4 Å². The van der Waals surface area contributed by atoms with E-state index in [0.717, 1.165) is 16.4 Å². The van der Waals surface area contributed by atoms with E-state index in [1.807, 2.05) is 29.1 Å². The Hall–Kier alpha value is -1.48. The van der Waals surface area contributed by atoms with Crippen molar-refractivity contribution in [2.45, 2.75) is 31.7 Å². The van der Waals surface area contributed by atoms with Gasteiger partial charge in [-0.3, -0.25) is 0 Å². The molecule has 94 valence electrons. The molecule has 0 radical (unpaired) electrons. The molecule has 0 saturated heterocycles. The number of aromatic nitrogens is 2. The van der Waals surface area contributed by atoms with Crippen molar-refractivity contribution in [3.63, 3.8) is 0 Å². The van der Waals surface area contributed by atoms with Crippen molar-refractivity contribution in [2.75, 3.05) is 5.32 Å². The Balaban J connectivity index is 1.95. The summed E-state index contributed by atoms with van der Waals surface area (Å²) in [5.41, 5.74) is 2.01. The summed E-state index contributed by atoms with van der Waals surface area (Å²) in [6, 6.07) is 8.42. The lowest BCUT2D eigenvalue weighted by molar-refractivity contribution is 0.751. The van der Waals surface area contributed by atoms with Crippen LogP contribution in [0.15, 0.2) is 36.7 Å². The molecule has 1 fully saturated rings. The zero-order valence-corrected chi connectivity index (χ0v) is 10.9. The minimum atomic E-state index is 0.567. The molecule has 0 unspecified atom stereocenters. The van der Waals surface area contributed by atoms with Gasteiger partial charge >= 0.3 is 0 Å². The predicted molar refractivity (Wildman–Crippen MR) is 74.5 cm³/mol. The third-order valence-electron chi connectivity index (χ3n) is 3.44. The molecular weight excluding hydrogens is 246 g/mol. The molecule has 3 rings (SSSR count). The molecule has 1 aliphatic rings. The predicted octanol–water partition coefficient (Wildman–Crippen LogP) is 3.88. The van der Waals surface area contributed by atoms with Gasteiger partial charge in [0.15, 0.2) is 0 Å². The van der Waals surface area contributed by atoms with Gasteiger partial charge in [-0.2, -0.15) is 5.10 Å². The fraction of sp³-hybridized carbons (Fsp3) is 0.357. The smallest absolute Gasteiger partial charge is 0.106 e. The molecule has 3 nitrogen and oxygen atoms in total. The van der Waals surface area contributed by atoms with Gasteiger partial charge in [0.2, 0.25) is 0 Å². The molecule has 1 aromatic carbocycles. The van der Waals surface area contributed by atoms with Crippen LogP contribution < -0.4 is 5.32 Å². The summed E-state index contributed by atoms with van der Waals surface area (Å²) in [5.74, 6) is 0. The highest BCUT2D eigenvalue weighted by Crippen LogP contribution is 2.30. The maximum absolute atomic E-state index is 6.31. The molecule has 18 heavy (non-hydrogen) atoms. The molecule has 0 amide bonds. The third kappa shape index (κ3) is 2.23. The van der Waals surface area contributed by atoms with Crippen LogP contribution in [0.5, 0.6) is 0 Å². The number of hydrogen-bond acceptors (Lipinski definition) is 2. The third-order valence-corrected chi connectivity index (χ3v) is 3.74. The molecule has 1 N–H and O–H groups in total. The summed E-state index contributed by atoms with van der Waals surface area (Å²) in [6.45, 7) is 0. The van der Waals surface area contributed by atoms with Gasteiger partial charge in [0.25, 0.3) is 0 Å². The molecular formula is C14H16ClN3. The fourth-order valence-electron chi connectivity index (χ4n) is 2.56. The Bertz CT molecular complexity index is 516. The topological polar surface area (TPSA) is 29.9 Å². The van der Waals surface area contributed by atoms with E-state index < -0.39 is 0 Å². The van der Waals surface area contributed by atoms with Crippen molar-refractivity contribution in [1.29, 1.82) is 0 Å². The molecule has 0 bridgehead atoms. The summed E-state index contributed by atoms with van der Waals surface area (Å²) in [5, 5.41) is 8.59. The first-order valence-electron chi connectivity index (χ1n) is 6.39. The van der Waals surface area contributed by atoms with E-state index >= 15 is 0 Å². The van der Waals surface area contributed by atoms with Gasteiger partial charge in [-0.25, -0.2) is 4.68 Å². The number of benzene rings is 1. The van der Waals surface area contributed by atoms with Crippen LogP contribution in [0.1, 0.15) is 25.7 Å². The average molecular weight is 262 g/mol. The van der Waals surface area contributed by atoms with Crippen LogP contribution in [0.3, 0.4) is 0 Å². The molecule has 4 heteroatoms. The minimum Gasteiger partial charge on any atom is -0.381 e. The van der Waals surface area contributed by atoms with Crippen molar-refractivity contribution in [2.24, 2.45) is 0 Å². The minimum absolute atomic E-state index is 0.567. The maximum atomic E-state index is 6.31. The fourth-order valence-corrected chi connectivity index (χ4v) is 2.82. The number of anilines is 1. The first-order chi connectivity index (χ1) is 8.84. The van der Waals surface area contributed by atoms with E-state index in [0.29, 0.717) is 6.04 Å². The van der Waals surface area contributed by atoms with E-state index in [2.05, 4.69) is 16.5 Å². The van der Waals surface area contributed by atoms with E-state index in [9.17, 15) is 0 Å². The molecule has 2 aromatic rings. The zero-order valence-electron chi connectivity index (χ0n) is 10.1. The lowest BCUT2D eigenvalue weighted by Gasteiger charge is -2.18. The quantitative estimate of drug-likeness (QED) is 0.909. The second kappa shape index (κ2) is 5.02. The van der Waals surface area contributed by atoms with Crippen molar-refractivity contribution in [3.05, 3.63) is 41.7 Å². The van der Waals surface area contributed by atoms with E-state index in [-0.39, 0.29) is 0 Å². The molecule has 1 saturated carbocycles. The standard InChI is InChI=1S/C14H16ClN3/c15-12-7-3-8-13(17-11-5-1-2-6-11)14(12)18-10-4-9-16-18/h3-4,7-11,17H,1-2,5-6H2. The van der Waals surface area contributed by atoms with Crippen molar-refractivity contribution in [1.82, 2.24) is 9.78 Å². The van der Waals surface area contributed by atoms with Crippen LogP contribution in [0.4, 0.5) is 5.69 Å². The van der Waals surface area contributed by atoms with Crippen LogP contribution in [0.25, 0.3) is 5.69 Å². The second-order valence-corrected chi connectivity index (χ2v) is 5.12. The lowest BCUT2D eigenvalue weighted by Crippen LogP contribution is -2.16. The number of hydrogen-bond donors (Lipinski definition) is 1. The van der Waals surface area contributed by atoms with Crippen LogP contribution in [-0.2, 0) is 0 Å². The SMILES string of the molecule is Clc1cccc(NC2CCCC2)c1-n1cccn1. The Labute approximate surface area is 112 Å². The average Bonchev–Trinajstić information content (AvgIpc) is 3.01. The van der Waals surface area contributed by atoms with Crippen LogP contribution in [0, 0.1) is 0 Å². The van der Waals surface area contributed by atoms with Gasteiger partial charge in [0.05, 0.1) is 10.7 Å². The molecule has 1 heterocycles. The van der Waals surface area contributed by atoms with Gasteiger partial charge < -0.3 is 5.32 Å². The molecule has 0 aliphatic heterocycles. The highest BCUT2D eigenvalue weighted by atomic mass is 35.5. The van der Waals surface area contributed by atoms with Gasteiger partial charge in [-0.05, 0) is 31.0 Å². The largest absolute Gasteiger partial charge is 0.381 e. The second-order valence-electron chi connectivity index (χ2n) is 4.71. The van der Waals surface area contributed by atoms with Gasteiger partial charge in [0.1, 0.15) is 5.69 Å². The van der Waals surface area contributed by atoms with Crippen molar-refractivity contribution < 1.29 is 0 Å². The van der Waals surface area contributed by atoms with E-state index in [1.165, 1.54) is 25.7 Å². The van der Waals surface area contributed by atoms with E-state index in [4.69, 9.17) is 11.6 Å². The molecule has 0 spiro atoms. The van der Waals surface area contributed by atoms with Crippen LogP contribution >= 0.6 is 11.6 Å². The van der Waals surface area contributed by atoms with Crippen LogP contribution in [-0.4, -0.2) is 15.8 Å². The summed E-state index contributed by atoms with van der Waals surface area (Å²) in [6.07, 6.45) is 8.80. The summed E-state index contributed by atoms with van der Waals surface area (Å²) >= 11 is 6.31. The zero-order chi connectivity index (χ0) is 12.4. The highest BCUT2D eigenvalue weighted by Gasteiger charge is 2.17. The highest BCUT2D eigenvalue weighted by molar-refractivity contribution is 6.33. The number of halogens is 1. The van der Waals surface area contributed by atoms with Gasteiger partial charge in [-0.15, -0.1) is 0 Å². The number of nitrogens with one attached hydrogen (secondary N) is 1.